The van der Waals surface area contributed by atoms with E-state index in [9.17, 15) is 9.59 Å². The Balaban J connectivity index is 1.79. The first-order valence-corrected chi connectivity index (χ1v) is 11.6. The molecule has 1 fully saturated rings. The molecular formula is C26H25N3O2S. The van der Waals surface area contributed by atoms with Gasteiger partial charge < -0.3 is 10.2 Å². The lowest BCUT2D eigenvalue weighted by atomic mass is 10.1. The van der Waals surface area contributed by atoms with E-state index in [-0.39, 0.29) is 11.8 Å². The van der Waals surface area contributed by atoms with E-state index in [0.717, 1.165) is 29.9 Å². The molecule has 1 aliphatic rings. The summed E-state index contributed by atoms with van der Waals surface area (Å²) in [6, 6.07) is 24.3. The zero-order valence-corrected chi connectivity index (χ0v) is 18.6. The van der Waals surface area contributed by atoms with Crippen molar-refractivity contribution in [3.05, 3.63) is 102 Å². The number of pyridine rings is 1. The van der Waals surface area contributed by atoms with Crippen molar-refractivity contribution in [2.24, 2.45) is 0 Å². The average Bonchev–Trinajstić information content (AvgIpc) is 2.88. The van der Waals surface area contributed by atoms with Gasteiger partial charge in [-0.1, -0.05) is 66.4 Å². The Bertz CT molecular complexity index is 1080. The maximum Gasteiger partial charge on any atom is 0.271 e. The van der Waals surface area contributed by atoms with Crippen molar-refractivity contribution in [3.8, 4) is 0 Å². The molecule has 2 heterocycles. The summed E-state index contributed by atoms with van der Waals surface area (Å²) in [5.41, 5.74) is 1.66. The highest BCUT2D eigenvalue weighted by molar-refractivity contribution is 8.08. The fourth-order valence-corrected chi connectivity index (χ4v) is 4.56. The maximum atomic E-state index is 13.7. The highest BCUT2D eigenvalue weighted by Crippen LogP contribution is 2.36. The number of amides is 2. The smallest absolute Gasteiger partial charge is 0.271 e. The molecule has 1 N–H and O–H groups in total. The first kappa shape index (κ1) is 21.8. The molecule has 162 valence electrons. The Labute approximate surface area is 192 Å². The predicted octanol–water partition coefficient (Wildman–Crippen LogP) is 4.99. The Morgan fingerprint density at radius 3 is 2.03 bits per heavy atom. The third-order valence-electron chi connectivity index (χ3n) is 5.24. The number of aromatic nitrogens is 1. The van der Waals surface area contributed by atoms with Crippen LogP contribution < -0.4 is 5.32 Å². The first-order chi connectivity index (χ1) is 15.7. The summed E-state index contributed by atoms with van der Waals surface area (Å²) in [5, 5.41) is 3.70. The van der Waals surface area contributed by atoms with E-state index in [1.807, 2.05) is 71.6 Å². The standard InChI is InChI=1S/C26H25N3O2S/c30-25(21-14-6-2-7-15-21)28-23(26(31)29-18-10-3-11-19-29)24(20-12-4-1-5-13-20)32-22-16-8-9-17-27-22/h1-2,4-9,12-17H,3,10-11,18-19H2,(H,28,30). The van der Waals surface area contributed by atoms with Crippen LogP contribution in [0.3, 0.4) is 0 Å². The number of carbonyl (C=O) groups excluding carboxylic acids is 2. The van der Waals surface area contributed by atoms with E-state index in [0.29, 0.717) is 29.3 Å². The molecule has 5 nitrogen and oxygen atoms in total. The molecule has 0 atom stereocenters. The second-order valence-corrected chi connectivity index (χ2v) is 8.54. The Morgan fingerprint density at radius 2 is 1.41 bits per heavy atom. The number of nitrogens with one attached hydrogen (secondary N) is 1. The van der Waals surface area contributed by atoms with E-state index < -0.39 is 0 Å². The number of thioether (sulfide) groups is 1. The molecule has 1 aromatic heterocycles. The molecular weight excluding hydrogens is 418 g/mol. The summed E-state index contributed by atoms with van der Waals surface area (Å²) >= 11 is 1.39. The molecule has 4 rings (SSSR count). The molecule has 0 radical (unpaired) electrons. The number of carbonyl (C=O) groups is 2. The van der Waals surface area contributed by atoms with Crippen LogP contribution >= 0.6 is 11.8 Å². The molecule has 2 amide bonds. The monoisotopic (exact) mass is 443 g/mol. The van der Waals surface area contributed by atoms with Gasteiger partial charge in [-0.3, -0.25) is 9.59 Å². The van der Waals surface area contributed by atoms with E-state index in [1.54, 1.807) is 18.3 Å². The lowest BCUT2D eigenvalue weighted by Gasteiger charge is -2.28. The fraction of sp³-hybridized carbons (Fsp3) is 0.192. The summed E-state index contributed by atoms with van der Waals surface area (Å²) in [7, 11) is 0. The normalized spacial score (nSPS) is 14.4. The summed E-state index contributed by atoms with van der Waals surface area (Å²) in [5.74, 6) is -0.461. The molecule has 0 bridgehead atoms. The third kappa shape index (κ3) is 5.45. The van der Waals surface area contributed by atoms with Gasteiger partial charge in [-0.15, -0.1) is 0 Å². The number of piperidine rings is 1. The number of hydrogen-bond acceptors (Lipinski definition) is 4. The zero-order chi connectivity index (χ0) is 22.2. The van der Waals surface area contributed by atoms with Crippen molar-refractivity contribution in [2.45, 2.75) is 24.3 Å². The van der Waals surface area contributed by atoms with E-state index in [2.05, 4.69) is 10.3 Å². The van der Waals surface area contributed by atoms with Crippen LogP contribution in [0, 0.1) is 0 Å². The summed E-state index contributed by atoms with van der Waals surface area (Å²) in [6.45, 7) is 1.39. The summed E-state index contributed by atoms with van der Waals surface area (Å²) < 4.78 is 0. The van der Waals surface area contributed by atoms with Crippen molar-refractivity contribution >= 4 is 28.5 Å². The van der Waals surface area contributed by atoms with Crippen LogP contribution in [0.4, 0.5) is 0 Å². The predicted molar refractivity (Wildman–Crippen MR) is 128 cm³/mol. The molecule has 0 unspecified atom stereocenters. The highest BCUT2D eigenvalue weighted by atomic mass is 32.2. The van der Waals surface area contributed by atoms with Crippen LogP contribution in [0.5, 0.6) is 0 Å². The Morgan fingerprint density at radius 1 is 0.781 bits per heavy atom. The highest BCUT2D eigenvalue weighted by Gasteiger charge is 2.26. The lowest BCUT2D eigenvalue weighted by Crippen LogP contribution is -2.41. The van der Waals surface area contributed by atoms with Crippen molar-refractivity contribution in [2.75, 3.05) is 13.1 Å². The molecule has 32 heavy (non-hydrogen) atoms. The quantitative estimate of drug-likeness (QED) is 0.431. The average molecular weight is 444 g/mol. The van der Waals surface area contributed by atoms with Gasteiger partial charge in [-0.2, -0.15) is 0 Å². The van der Waals surface area contributed by atoms with Gasteiger partial charge in [0.1, 0.15) is 10.7 Å². The fourth-order valence-electron chi connectivity index (χ4n) is 3.59. The number of likely N-dealkylation sites (tertiary alicyclic amines) is 1. The molecule has 1 aliphatic heterocycles. The Hall–Kier alpha value is -3.38. The molecule has 0 saturated carbocycles. The van der Waals surface area contributed by atoms with Crippen LogP contribution in [0.15, 0.2) is 95.8 Å². The van der Waals surface area contributed by atoms with Gasteiger partial charge in [-0.05, 0) is 49.1 Å². The minimum atomic E-state index is -0.305. The first-order valence-electron chi connectivity index (χ1n) is 10.8. The lowest BCUT2D eigenvalue weighted by molar-refractivity contribution is -0.128. The molecule has 6 heteroatoms. The second-order valence-electron chi connectivity index (χ2n) is 7.51. The van der Waals surface area contributed by atoms with Gasteiger partial charge in [-0.25, -0.2) is 4.98 Å². The van der Waals surface area contributed by atoms with E-state index in [4.69, 9.17) is 0 Å². The summed E-state index contributed by atoms with van der Waals surface area (Å²) in [4.78, 5) is 33.7. The SMILES string of the molecule is O=C(NC(C(=O)N1CCCCC1)=C(Sc1ccccn1)c1ccccc1)c1ccccc1. The summed E-state index contributed by atoms with van der Waals surface area (Å²) in [6.07, 6.45) is 4.78. The maximum absolute atomic E-state index is 13.7. The molecule has 0 spiro atoms. The van der Waals surface area contributed by atoms with Gasteiger partial charge in [0.05, 0.1) is 4.91 Å². The van der Waals surface area contributed by atoms with Crippen LogP contribution in [-0.2, 0) is 4.79 Å². The minimum absolute atomic E-state index is 0.156. The number of nitrogens with zero attached hydrogens (tertiary/aromatic N) is 2. The van der Waals surface area contributed by atoms with Crippen LogP contribution in [0.25, 0.3) is 4.91 Å². The van der Waals surface area contributed by atoms with Crippen LogP contribution in [0.2, 0.25) is 0 Å². The van der Waals surface area contributed by atoms with Gasteiger partial charge in [0.15, 0.2) is 0 Å². The van der Waals surface area contributed by atoms with Crippen LogP contribution in [0.1, 0.15) is 35.2 Å². The van der Waals surface area contributed by atoms with Gasteiger partial charge in [0.2, 0.25) is 0 Å². The Kier molecular flexibility index (Phi) is 7.35. The number of rotatable bonds is 6. The minimum Gasteiger partial charge on any atom is -0.337 e. The third-order valence-corrected chi connectivity index (χ3v) is 6.33. The van der Waals surface area contributed by atoms with Crippen molar-refractivity contribution in [3.63, 3.8) is 0 Å². The van der Waals surface area contributed by atoms with Gasteiger partial charge in [0, 0.05) is 24.8 Å². The molecule has 2 aromatic carbocycles. The van der Waals surface area contributed by atoms with Crippen molar-refractivity contribution in [1.82, 2.24) is 15.2 Å². The topological polar surface area (TPSA) is 62.3 Å². The number of hydrogen-bond donors (Lipinski definition) is 1. The van der Waals surface area contributed by atoms with Gasteiger partial charge in [0.25, 0.3) is 11.8 Å². The van der Waals surface area contributed by atoms with E-state index >= 15 is 0 Å². The molecule has 0 aliphatic carbocycles. The van der Waals surface area contributed by atoms with Crippen molar-refractivity contribution in [1.29, 1.82) is 0 Å². The largest absolute Gasteiger partial charge is 0.337 e. The zero-order valence-electron chi connectivity index (χ0n) is 17.7. The molecule has 3 aromatic rings. The van der Waals surface area contributed by atoms with Crippen molar-refractivity contribution < 1.29 is 9.59 Å². The molecule has 1 saturated heterocycles. The van der Waals surface area contributed by atoms with E-state index in [1.165, 1.54) is 11.8 Å². The second kappa shape index (κ2) is 10.8. The number of benzene rings is 2. The van der Waals surface area contributed by atoms with Gasteiger partial charge >= 0.3 is 0 Å². The van der Waals surface area contributed by atoms with Crippen LogP contribution in [-0.4, -0.2) is 34.8 Å².